The highest BCUT2D eigenvalue weighted by Crippen LogP contribution is 2.32. The summed E-state index contributed by atoms with van der Waals surface area (Å²) in [6, 6.07) is 12.0. The van der Waals surface area contributed by atoms with Gasteiger partial charge in [0.1, 0.15) is 10.6 Å². The predicted octanol–water partition coefficient (Wildman–Crippen LogP) is 2.80. The van der Waals surface area contributed by atoms with Gasteiger partial charge in [-0.1, -0.05) is 29.8 Å². The molecule has 0 radical (unpaired) electrons. The van der Waals surface area contributed by atoms with Crippen molar-refractivity contribution in [3.8, 4) is 5.75 Å². The van der Waals surface area contributed by atoms with E-state index in [9.17, 15) is 16.8 Å². The molecule has 1 N–H and O–H groups in total. The second-order valence-corrected chi connectivity index (χ2v) is 10.7. The first-order chi connectivity index (χ1) is 13.7. The van der Waals surface area contributed by atoms with E-state index in [1.807, 2.05) is 31.2 Å². The number of benzene rings is 2. The second-order valence-electron chi connectivity index (χ2n) is 6.97. The molecule has 0 saturated carbocycles. The van der Waals surface area contributed by atoms with E-state index in [1.165, 1.54) is 16.4 Å². The molecule has 1 heterocycles. The first kappa shape index (κ1) is 21.6. The molecule has 1 fully saturated rings. The lowest BCUT2D eigenvalue weighted by atomic mass is 10.1. The van der Waals surface area contributed by atoms with Crippen LogP contribution in [-0.2, 0) is 26.6 Å². The SMILES string of the molecule is CCOc1ccc(N2CCCCS2(=O)=O)cc1S(=O)(=O)NCc1cccc(C)c1. The summed E-state index contributed by atoms with van der Waals surface area (Å²) in [5.74, 6) is 0.260. The Hall–Kier alpha value is -2.10. The summed E-state index contributed by atoms with van der Waals surface area (Å²) in [6.07, 6.45) is 1.35. The highest BCUT2D eigenvalue weighted by Gasteiger charge is 2.28. The van der Waals surface area contributed by atoms with E-state index in [2.05, 4.69) is 4.72 Å². The summed E-state index contributed by atoms with van der Waals surface area (Å²) in [6.45, 7) is 4.46. The molecule has 1 aliphatic heterocycles. The average Bonchev–Trinajstić information content (AvgIpc) is 2.67. The van der Waals surface area contributed by atoms with Crippen LogP contribution in [0.2, 0.25) is 0 Å². The van der Waals surface area contributed by atoms with Gasteiger partial charge in [-0.05, 0) is 50.5 Å². The Morgan fingerprint density at radius 2 is 1.93 bits per heavy atom. The van der Waals surface area contributed by atoms with E-state index in [1.54, 1.807) is 13.0 Å². The lowest BCUT2D eigenvalue weighted by Crippen LogP contribution is -2.38. The Labute approximate surface area is 172 Å². The zero-order chi connectivity index (χ0) is 21.1. The number of nitrogens with one attached hydrogen (secondary N) is 1. The molecule has 0 aliphatic carbocycles. The van der Waals surface area contributed by atoms with Gasteiger partial charge in [0.15, 0.2) is 0 Å². The minimum absolute atomic E-state index is 0.0634. The minimum atomic E-state index is -3.92. The number of hydrogen-bond donors (Lipinski definition) is 1. The smallest absolute Gasteiger partial charge is 0.244 e. The lowest BCUT2D eigenvalue weighted by molar-refractivity contribution is 0.331. The van der Waals surface area contributed by atoms with E-state index in [0.717, 1.165) is 17.5 Å². The van der Waals surface area contributed by atoms with Crippen LogP contribution in [0.5, 0.6) is 5.75 Å². The van der Waals surface area contributed by atoms with Crippen molar-refractivity contribution in [3.63, 3.8) is 0 Å². The van der Waals surface area contributed by atoms with Crippen LogP contribution in [0.25, 0.3) is 0 Å². The summed E-state index contributed by atoms with van der Waals surface area (Å²) >= 11 is 0. The van der Waals surface area contributed by atoms with E-state index >= 15 is 0 Å². The van der Waals surface area contributed by atoms with Crippen molar-refractivity contribution in [2.24, 2.45) is 0 Å². The van der Waals surface area contributed by atoms with Gasteiger partial charge in [0.05, 0.1) is 18.0 Å². The van der Waals surface area contributed by atoms with Crippen LogP contribution in [0.4, 0.5) is 5.69 Å². The number of nitrogens with zero attached hydrogens (tertiary/aromatic N) is 1. The van der Waals surface area contributed by atoms with E-state index < -0.39 is 20.0 Å². The molecule has 158 valence electrons. The number of aryl methyl sites for hydroxylation is 1. The zero-order valence-electron chi connectivity index (χ0n) is 16.6. The van der Waals surface area contributed by atoms with Crippen LogP contribution in [0.3, 0.4) is 0 Å². The predicted molar refractivity (Wildman–Crippen MR) is 113 cm³/mol. The maximum Gasteiger partial charge on any atom is 0.244 e. The van der Waals surface area contributed by atoms with E-state index in [-0.39, 0.29) is 22.9 Å². The molecule has 2 aromatic rings. The average molecular weight is 439 g/mol. The molecule has 9 heteroatoms. The molecule has 0 unspecified atom stereocenters. The van der Waals surface area contributed by atoms with Gasteiger partial charge >= 0.3 is 0 Å². The quantitative estimate of drug-likeness (QED) is 0.718. The van der Waals surface area contributed by atoms with Gasteiger partial charge in [0.25, 0.3) is 0 Å². The summed E-state index contributed by atoms with van der Waals surface area (Å²) in [7, 11) is -7.37. The van der Waals surface area contributed by atoms with E-state index in [4.69, 9.17) is 4.74 Å². The Bertz CT molecular complexity index is 1080. The second kappa shape index (κ2) is 8.73. The summed E-state index contributed by atoms with van der Waals surface area (Å²) < 4.78 is 60.3. The molecule has 1 aliphatic rings. The first-order valence-corrected chi connectivity index (χ1v) is 12.6. The van der Waals surface area contributed by atoms with Crippen LogP contribution in [0.15, 0.2) is 47.4 Å². The molecule has 2 aromatic carbocycles. The molecule has 7 nitrogen and oxygen atoms in total. The molecule has 0 spiro atoms. The monoisotopic (exact) mass is 438 g/mol. The molecule has 3 rings (SSSR count). The van der Waals surface area contributed by atoms with Gasteiger partial charge in [0.2, 0.25) is 20.0 Å². The third-order valence-corrected chi connectivity index (χ3v) is 7.99. The number of hydrogen-bond acceptors (Lipinski definition) is 5. The van der Waals surface area contributed by atoms with Crippen molar-refractivity contribution in [2.45, 2.75) is 38.1 Å². The van der Waals surface area contributed by atoms with Gasteiger partial charge in [-0.2, -0.15) is 0 Å². The Morgan fingerprint density at radius 3 is 2.62 bits per heavy atom. The van der Waals surface area contributed by atoms with Gasteiger partial charge in [-0.3, -0.25) is 4.31 Å². The summed E-state index contributed by atoms with van der Waals surface area (Å²) in [5, 5.41) is 0. The molecule has 0 aromatic heterocycles. The standard InChI is InChI=1S/C20H26N2O5S2/c1-3-27-19-10-9-18(22-11-4-5-12-28(22,23)24)14-20(19)29(25,26)21-15-17-8-6-7-16(2)13-17/h6-10,13-14,21H,3-5,11-12,15H2,1-2H3. The molecule has 1 saturated heterocycles. The van der Waals surface area contributed by atoms with Crippen LogP contribution < -0.4 is 13.8 Å². The Morgan fingerprint density at radius 1 is 1.14 bits per heavy atom. The minimum Gasteiger partial charge on any atom is -0.492 e. The van der Waals surface area contributed by atoms with Gasteiger partial charge < -0.3 is 4.74 Å². The largest absolute Gasteiger partial charge is 0.492 e. The molecule has 0 amide bonds. The van der Waals surface area contributed by atoms with Crippen molar-refractivity contribution < 1.29 is 21.6 Å². The van der Waals surface area contributed by atoms with Gasteiger partial charge in [0, 0.05) is 13.1 Å². The van der Waals surface area contributed by atoms with Gasteiger partial charge in [-0.25, -0.2) is 21.6 Å². The number of sulfonamides is 2. The molecule has 0 atom stereocenters. The van der Waals surface area contributed by atoms with Crippen LogP contribution in [0, 0.1) is 6.92 Å². The lowest BCUT2D eigenvalue weighted by Gasteiger charge is -2.28. The van der Waals surface area contributed by atoms with Crippen molar-refractivity contribution in [1.82, 2.24) is 4.72 Å². The fourth-order valence-corrected chi connectivity index (χ4v) is 6.10. The fourth-order valence-electron chi connectivity index (χ4n) is 3.29. The highest BCUT2D eigenvalue weighted by atomic mass is 32.2. The van der Waals surface area contributed by atoms with Crippen LogP contribution in [-0.4, -0.2) is 35.7 Å². The fraction of sp³-hybridized carbons (Fsp3) is 0.400. The van der Waals surface area contributed by atoms with Crippen molar-refractivity contribution in [2.75, 3.05) is 23.2 Å². The molecule has 0 bridgehead atoms. The van der Waals surface area contributed by atoms with Crippen LogP contribution in [0.1, 0.15) is 30.9 Å². The van der Waals surface area contributed by atoms with Crippen molar-refractivity contribution in [3.05, 3.63) is 53.6 Å². The third-order valence-electron chi connectivity index (χ3n) is 4.70. The van der Waals surface area contributed by atoms with E-state index in [0.29, 0.717) is 25.3 Å². The first-order valence-electron chi connectivity index (χ1n) is 9.55. The Balaban J connectivity index is 1.94. The number of ether oxygens (including phenoxy) is 1. The number of anilines is 1. The normalized spacial score (nSPS) is 16.6. The Kier molecular flexibility index (Phi) is 6.50. The molecule has 29 heavy (non-hydrogen) atoms. The van der Waals surface area contributed by atoms with Gasteiger partial charge in [-0.15, -0.1) is 0 Å². The maximum atomic E-state index is 13.0. The molecular weight excluding hydrogens is 412 g/mol. The maximum absolute atomic E-state index is 13.0. The summed E-state index contributed by atoms with van der Waals surface area (Å²) in [4.78, 5) is -0.0646. The summed E-state index contributed by atoms with van der Waals surface area (Å²) in [5.41, 5.74) is 2.21. The third kappa shape index (κ3) is 5.09. The highest BCUT2D eigenvalue weighted by molar-refractivity contribution is 7.92. The topological polar surface area (TPSA) is 92.8 Å². The zero-order valence-corrected chi connectivity index (χ0v) is 18.2. The van der Waals surface area contributed by atoms with Crippen LogP contribution >= 0.6 is 0 Å². The molecular formula is C20H26N2O5S2. The number of rotatable bonds is 7. The van der Waals surface area contributed by atoms with Crippen molar-refractivity contribution >= 4 is 25.7 Å². The van der Waals surface area contributed by atoms with Crippen molar-refractivity contribution in [1.29, 1.82) is 0 Å².